The lowest BCUT2D eigenvalue weighted by atomic mass is 10.0. The van der Waals surface area contributed by atoms with Crippen molar-refractivity contribution in [3.8, 4) is 5.75 Å². The van der Waals surface area contributed by atoms with Crippen LogP contribution in [-0.4, -0.2) is 44.7 Å². The van der Waals surface area contributed by atoms with Crippen molar-refractivity contribution in [2.45, 2.75) is 39.0 Å². The van der Waals surface area contributed by atoms with Gasteiger partial charge >= 0.3 is 0 Å². The third-order valence-electron chi connectivity index (χ3n) is 5.66. The maximum Gasteiger partial charge on any atom is 0.125 e. The second-order valence-electron chi connectivity index (χ2n) is 7.66. The molecule has 2 aromatic carbocycles. The molecule has 2 aromatic rings. The summed E-state index contributed by atoms with van der Waals surface area (Å²) >= 11 is 0. The number of benzene rings is 2. The third-order valence-corrected chi connectivity index (χ3v) is 5.66. The normalized spacial score (nSPS) is 14.5. The quantitative estimate of drug-likeness (QED) is 0.508. The van der Waals surface area contributed by atoms with E-state index in [4.69, 9.17) is 4.74 Å². The predicted octanol–water partition coefficient (Wildman–Crippen LogP) is 5.35. The van der Waals surface area contributed by atoms with E-state index in [1.807, 2.05) is 6.07 Å². The van der Waals surface area contributed by atoms with Gasteiger partial charge in [0.2, 0.25) is 0 Å². The zero-order valence-corrected chi connectivity index (χ0v) is 18.5. The summed E-state index contributed by atoms with van der Waals surface area (Å²) in [5.41, 5.74) is 3.72. The van der Waals surface area contributed by atoms with Gasteiger partial charge in [-0.25, -0.2) is 4.39 Å². The maximum atomic E-state index is 13.4. The van der Waals surface area contributed by atoms with Crippen LogP contribution in [0.1, 0.15) is 37.3 Å². The van der Waals surface area contributed by atoms with Crippen LogP contribution in [0.3, 0.4) is 0 Å². The average Bonchev–Trinajstić information content (AvgIpc) is 2.73. The Morgan fingerprint density at radius 3 is 2.45 bits per heavy atom. The number of hydrogen-bond donors (Lipinski definition) is 0. The molecule has 0 spiro atoms. The van der Waals surface area contributed by atoms with Crippen LogP contribution in [0.5, 0.6) is 5.75 Å². The SMILES string of the molecule is CCCCCc1cc(CCN2CCN(c3cccc(F)c3)CC2)ccc1OC.Cl. The molecule has 0 aromatic heterocycles. The fourth-order valence-electron chi connectivity index (χ4n) is 3.94. The van der Waals surface area contributed by atoms with Gasteiger partial charge in [0.05, 0.1) is 7.11 Å². The lowest BCUT2D eigenvalue weighted by Gasteiger charge is -2.36. The molecule has 1 fully saturated rings. The number of rotatable bonds is 9. The van der Waals surface area contributed by atoms with Gasteiger partial charge in [-0.3, -0.25) is 4.90 Å². The monoisotopic (exact) mass is 420 g/mol. The zero-order valence-electron chi connectivity index (χ0n) is 17.7. The fraction of sp³-hybridized carbons (Fsp3) is 0.500. The minimum absolute atomic E-state index is 0. The first kappa shape index (κ1) is 23.5. The van der Waals surface area contributed by atoms with Gasteiger partial charge in [0, 0.05) is 38.4 Å². The predicted molar refractivity (Wildman–Crippen MR) is 122 cm³/mol. The smallest absolute Gasteiger partial charge is 0.125 e. The van der Waals surface area contributed by atoms with Crippen LogP contribution in [0.25, 0.3) is 0 Å². The van der Waals surface area contributed by atoms with Gasteiger partial charge < -0.3 is 9.64 Å². The lowest BCUT2D eigenvalue weighted by Crippen LogP contribution is -2.47. The van der Waals surface area contributed by atoms with E-state index < -0.39 is 0 Å². The zero-order chi connectivity index (χ0) is 19.8. The number of methoxy groups -OCH3 is 1. The molecule has 0 atom stereocenters. The summed E-state index contributed by atoms with van der Waals surface area (Å²) in [6.45, 7) is 7.26. The Balaban J connectivity index is 0.00000300. The van der Waals surface area contributed by atoms with Gasteiger partial charge in [0.15, 0.2) is 0 Å². The third kappa shape index (κ3) is 6.90. The van der Waals surface area contributed by atoms with E-state index in [9.17, 15) is 4.39 Å². The van der Waals surface area contributed by atoms with Gasteiger partial charge in [-0.15, -0.1) is 12.4 Å². The summed E-state index contributed by atoms with van der Waals surface area (Å²) < 4.78 is 19.0. The Hall–Kier alpha value is -1.78. The van der Waals surface area contributed by atoms with Crippen molar-refractivity contribution >= 4 is 18.1 Å². The second kappa shape index (κ2) is 12.0. The lowest BCUT2D eigenvalue weighted by molar-refractivity contribution is 0.261. The number of nitrogens with zero attached hydrogens (tertiary/aromatic N) is 2. The average molecular weight is 421 g/mol. The molecule has 3 nitrogen and oxygen atoms in total. The summed E-state index contributed by atoms with van der Waals surface area (Å²) in [7, 11) is 1.76. The van der Waals surface area contributed by atoms with Crippen LogP contribution in [0.15, 0.2) is 42.5 Å². The van der Waals surface area contributed by atoms with Gasteiger partial charge in [0.1, 0.15) is 11.6 Å². The number of unbranched alkanes of at least 4 members (excludes halogenated alkanes) is 2. The van der Waals surface area contributed by atoms with Crippen molar-refractivity contribution < 1.29 is 9.13 Å². The Morgan fingerprint density at radius 2 is 1.76 bits per heavy atom. The minimum Gasteiger partial charge on any atom is -0.496 e. The topological polar surface area (TPSA) is 15.7 Å². The van der Waals surface area contributed by atoms with Crippen LogP contribution in [0.2, 0.25) is 0 Å². The first-order valence-corrected chi connectivity index (χ1v) is 10.6. The number of aryl methyl sites for hydroxylation is 1. The number of anilines is 1. The van der Waals surface area contributed by atoms with Crippen LogP contribution >= 0.6 is 12.4 Å². The van der Waals surface area contributed by atoms with Crippen molar-refractivity contribution in [3.63, 3.8) is 0 Å². The molecule has 0 aliphatic carbocycles. The number of piperazine rings is 1. The largest absolute Gasteiger partial charge is 0.496 e. The van der Waals surface area contributed by atoms with E-state index in [-0.39, 0.29) is 18.2 Å². The van der Waals surface area contributed by atoms with Crippen molar-refractivity contribution in [2.75, 3.05) is 44.7 Å². The molecule has 5 heteroatoms. The van der Waals surface area contributed by atoms with E-state index in [0.29, 0.717) is 0 Å². The Kier molecular flexibility index (Phi) is 9.75. The molecule has 1 heterocycles. The second-order valence-corrected chi connectivity index (χ2v) is 7.66. The molecule has 1 saturated heterocycles. The van der Waals surface area contributed by atoms with Crippen molar-refractivity contribution in [3.05, 3.63) is 59.4 Å². The molecule has 1 aliphatic heterocycles. The van der Waals surface area contributed by atoms with Crippen molar-refractivity contribution in [1.29, 1.82) is 0 Å². The minimum atomic E-state index is -0.158. The molecule has 0 amide bonds. The van der Waals surface area contributed by atoms with E-state index >= 15 is 0 Å². The van der Waals surface area contributed by atoms with Gasteiger partial charge in [-0.2, -0.15) is 0 Å². The van der Waals surface area contributed by atoms with Crippen LogP contribution in [0, 0.1) is 5.82 Å². The van der Waals surface area contributed by atoms with Gasteiger partial charge in [-0.1, -0.05) is 38.0 Å². The van der Waals surface area contributed by atoms with Crippen molar-refractivity contribution in [2.24, 2.45) is 0 Å². The number of ether oxygens (including phenoxy) is 1. The van der Waals surface area contributed by atoms with E-state index in [0.717, 1.165) is 57.0 Å². The number of halogens is 2. The first-order chi connectivity index (χ1) is 13.7. The summed E-state index contributed by atoms with van der Waals surface area (Å²) in [6, 6.07) is 13.6. The standard InChI is InChI=1S/C24H33FN2O.ClH/c1-3-4-5-7-21-18-20(10-11-24(21)28-2)12-13-26-14-16-27(17-15-26)23-9-6-8-22(25)19-23;/h6,8-11,18-19H,3-5,7,12-17H2,1-2H3;1H. The molecular formula is C24H34ClFN2O. The Labute approximate surface area is 181 Å². The molecule has 0 saturated carbocycles. The van der Waals surface area contributed by atoms with Crippen LogP contribution in [-0.2, 0) is 12.8 Å². The summed E-state index contributed by atoms with van der Waals surface area (Å²) in [4.78, 5) is 4.79. The molecule has 0 unspecified atom stereocenters. The van der Waals surface area contributed by atoms with Gasteiger partial charge in [-0.05, 0) is 54.7 Å². The first-order valence-electron chi connectivity index (χ1n) is 10.6. The maximum absolute atomic E-state index is 13.4. The van der Waals surface area contributed by atoms with E-state index in [1.165, 1.54) is 36.5 Å². The summed E-state index contributed by atoms with van der Waals surface area (Å²) in [6.07, 6.45) is 5.88. The Bertz CT molecular complexity index is 747. The molecule has 0 N–H and O–H groups in total. The molecule has 0 bridgehead atoms. The molecule has 29 heavy (non-hydrogen) atoms. The highest BCUT2D eigenvalue weighted by Crippen LogP contribution is 2.23. The van der Waals surface area contributed by atoms with Crippen molar-refractivity contribution in [1.82, 2.24) is 4.90 Å². The summed E-state index contributed by atoms with van der Waals surface area (Å²) in [5, 5.41) is 0. The highest BCUT2D eigenvalue weighted by atomic mass is 35.5. The highest BCUT2D eigenvalue weighted by molar-refractivity contribution is 5.85. The summed E-state index contributed by atoms with van der Waals surface area (Å²) in [5.74, 6) is 0.859. The van der Waals surface area contributed by atoms with E-state index in [1.54, 1.807) is 19.2 Å². The number of hydrogen-bond acceptors (Lipinski definition) is 3. The Morgan fingerprint density at radius 1 is 0.966 bits per heavy atom. The molecule has 3 rings (SSSR count). The molecule has 1 aliphatic rings. The van der Waals surface area contributed by atoms with Gasteiger partial charge in [0.25, 0.3) is 0 Å². The van der Waals surface area contributed by atoms with Crippen LogP contribution < -0.4 is 9.64 Å². The molecule has 0 radical (unpaired) electrons. The molecule has 160 valence electrons. The van der Waals surface area contributed by atoms with Crippen LogP contribution in [0.4, 0.5) is 10.1 Å². The van der Waals surface area contributed by atoms with E-state index in [2.05, 4.69) is 34.9 Å². The fourth-order valence-corrected chi connectivity index (χ4v) is 3.94. The highest BCUT2D eigenvalue weighted by Gasteiger charge is 2.17. The molecular weight excluding hydrogens is 387 g/mol.